The molecule has 0 aliphatic heterocycles. The van der Waals surface area contributed by atoms with Crippen molar-refractivity contribution in [3.63, 3.8) is 0 Å². The molecule has 0 aromatic heterocycles. The minimum Gasteiger partial charge on any atom is -0.462 e. The van der Waals surface area contributed by atoms with Crippen molar-refractivity contribution in [2.45, 2.75) is 13.1 Å². The molecule has 0 bridgehead atoms. The molecular formula is C10H9F4NO2. The summed E-state index contributed by atoms with van der Waals surface area (Å²) in [6.45, 7) is 1.42. The minimum atomic E-state index is -4.83. The number of esters is 1. The molecule has 0 amide bonds. The van der Waals surface area contributed by atoms with E-state index in [1.54, 1.807) is 0 Å². The van der Waals surface area contributed by atoms with Gasteiger partial charge < -0.3 is 10.5 Å². The molecule has 1 aromatic rings. The molecule has 3 nitrogen and oxygen atoms in total. The van der Waals surface area contributed by atoms with Crippen LogP contribution in [-0.4, -0.2) is 12.6 Å². The van der Waals surface area contributed by atoms with Crippen LogP contribution in [0, 0.1) is 5.82 Å². The standard InChI is InChI=1S/C10H9F4NO2/c1-2-17-9(16)6-3-5(11)4-7(8(6)15)10(12,13)14/h3-4H,2,15H2,1H3. The van der Waals surface area contributed by atoms with Crippen LogP contribution in [0.25, 0.3) is 0 Å². The summed E-state index contributed by atoms with van der Waals surface area (Å²) in [5.74, 6) is -2.29. The van der Waals surface area contributed by atoms with Gasteiger partial charge in [-0.05, 0) is 19.1 Å². The first-order valence-corrected chi connectivity index (χ1v) is 4.60. The van der Waals surface area contributed by atoms with E-state index in [1.165, 1.54) is 6.92 Å². The number of carbonyl (C=O) groups excluding carboxylic acids is 1. The van der Waals surface area contributed by atoms with E-state index in [0.29, 0.717) is 6.07 Å². The Morgan fingerprint density at radius 3 is 2.47 bits per heavy atom. The van der Waals surface area contributed by atoms with Crippen LogP contribution in [0.3, 0.4) is 0 Å². The van der Waals surface area contributed by atoms with Crippen LogP contribution < -0.4 is 5.73 Å². The van der Waals surface area contributed by atoms with Crippen molar-refractivity contribution in [3.05, 3.63) is 29.1 Å². The summed E-state index contributed by atoms with van der Waals surface area (Å²) in [7, 11) is 0. The lowest BCUT2D eigenvalue weighted by Crippen LogP contribution is -2.15. The summed E-state index contributed by atoms with van der Waals surface area (Å²) in [5.41, 5.74) is 2.33. The first kappa shape index (κ1) is 13.3. The van der Waals surface area contributed by atoms with Crippen LogP contribution in [-0.2, 0) is 10.9 Å². The van der Waals surface area contributed by atoms with Crippen LogP contribution in [0.5, 0.6) is 0 Å². The SMILES string of the molecule is CCOC(=O)c1cc(F)cc(C(F)(F)F)c1N. The number of anilines is 1. The van der Waals surface area contributed by atoms with Crippen LogP contribution in [0.4, 0.5) is 23.2 Å². The lowest BCUT2D eigenvalue weighted by atomic mass is 10.1. The highest BCUT2D eigenvalue weighted by atomic mass is 19.4. The fourth-order valence-corrected chi connectivity index (χ4v) is 1.23. The third kappa shape index (κ3) is 2.86. The van der Waals surface area contributed by atoms with E-state index >= 15 is 0 Å². The lowest BCUT2D eigenvalue weighted by Gasteiger charge is -2.13. The van der Waals surface area contributed by atoms with Gasteiger partial charge in [-0.2, -0.15) is 13.2 Å². The zero-order chi connectivity index (χ0) is 13.2. The number of alkyl halides is 3. The van der Waals surface area contributed by atoms with Crippen molar-refractivity contribution in [2.75, 3.05) is 12.3 Å². The summed E-state index contributed by atoms with van der Waals surface area (Å²) in [6, 6.07) is 0.848. The predicted molar refractivity (Wildman–Crippen MR) is 51.8 cm³/mol. The molecule has 0 aliphatic rings. The summed E-state index contributed by atoms with van der Waals surface area (Å²) in [6.07, 6.45) is -4.83. The van der Waals surface area contributed by atoms with Crippen molar-refractivity contribution < 1.29 is 27.1 Å². The van der Waals surface area contributed by atoms with E-state index in [2.05, 4.69) is 4.74 Å². The molecule has 0 aliphatic carbocycles. The van der Waals surface area contributed by atoms with Crippen molar-refractivity contribution >= 4 is 11.7 Å². The number of ether oxygens (including phenoxy) is 1. The topological polar surface area (TPSA) is 52.3 Å². The highest BCUT2D eigenvalue weighted by Gasteiger charge is 2.35. The molecule has 1 rings (SSSR count). The molecular weight excluding hydrogens is 242 g/mol. The predicted octanol–water partition coefficient (Wildman–Crippen LogP) is 2.60. The van der Waals surface area contributed by atoms with Gasteiger partial charge in [0.2, 0.25) is 0 Å². The Bertz CT molecular complexity index is 443. The monoisotopic (exact) mass is 251 g/mol. The molecule has 0 atom stereocenters. The third-order valence-corrected chi connectivity index (χ3v) is 1.95. The van der Waals surface area contributed by atoms with Crippen molar-refractivity contribution in [1.29, 1.82) is 0 Å². The molecule has 2 N–H and O–H groups in total. The maximum Gasteiger partial charge on any atom is 0.418 e. The number of rotatable bonds is 2. The maximum absolute atomic E-state index is 13.0. The summed E-state index contributed by atoms with van der Waals surface area (Å²) in [4.78, 5) is 11.3. The zero-order valence-corrected chi connectivity index (χ0v) is 8.77. The molecule has 1 aromatic carbocycles. The second kappa shape index (κ2) is 4.60. The molecule has 0 fully saturated rings. The number of nitrogens with two attached hydrogens (primary N) is 1. The fraction of sp³-hybridized carbons (Fsp3) is 0.300. The van der Waals surface area contributed by atoms with E-state index in [1.807, 2.05) is 0 Å². The van der Waals surface area contributed by atoms with Crippen molar-refractivity contribution in [1.82, 2.24) is 0 Å². The second-order valence-corrected chi connectivity index (χ2v) is 3.13. The third-order valence-electron chi connectivity index (χ3n) is 1.95. The largest absolute Gasteiger partial charge is 0.462 e. The average Bonchev–Trinajstić information content (AvgIpc) is 2.19. The Morgan fingerprint density at radius 2 is 2.00 bits per heavy atom. The van der Waals surface area contributed by atoms with E-state index < -0.39 is 34.8 Å². The zero-order valence-electron chi connectivity index (χ0n) is 8.77. The Balaban J connectivity index is 3.34. The Morgan fingerprint density at radius 1 is 1.41 bits per heavy atom. The lowest BCUT2D eigenvalue weighted by molar-refractivity contribution is -0.137. The number of hydrogen-bond acceptors (Lipinski definition) is 3. The summed E-state index contributed by atoms with van der Waals surface area (Å²) in [5, 5.41) is 0. The van der Waals surface area contributed by atoms with Crippen molar-refractivity contribution in [2.24, 2.45) is 0 Å². The average molecular weight is 251 g/mol. The van der Waals surface area contributed by atoms with Crippen LogP contribution >= 0.6 is 0 Å². The van der Waals surface area contributed by atoms with E-state index in [-0.39, 0.29) is 12.7 Å². The normalized spacial score (nSPS) is 11.4. The molecule has 0 unspecified atom stereocenters. The smallest absolute Gasteiger partial charge is 0.418 e. The Hall–Kier alpha value is -1.79. The number of benzene rings is 1. The highest BCUT2D eigenvalue weighted by molar-refractivity contribution is 5.96. The first-order chi connectivity index (χ1) is 7.77. The molecule has 0 saturated heterocycles. The molecule has 0 spiro atoms. The van der Waals surface area contributed by atoms with E-state index in [9.17, 15) is 22.4 Å². The molecule has 94 valence electrons. The number of nitrogen functional groups attached to an aromatic ring is 1. The fourth-order valence-electron chi connectivity index (χ4n) is 1.23. The molecule has 0 radical (unpaired) electrons. The maximum atomic E-state index is 13.0. The van der Waals surface area contributed by atoms with Gasteiger partial charge in [-0.15, -0.1) is 0 Å². The van der Waals surface area contributed by atoms with Gasteiger partial charge in [-0.25, -0.2) is 9.18 Å². The summed E-state index contributed by atoms with van der Waals surface area (Å²) >= 11 is 0. The van der Waals surface area contributed by atoms with Gasteiger partial charge in [0.25, 0.3) is 0 Å². The van der Waals surface area contributed by atoms with E-state index in [0.717, 1.165) is 0 Å². The van der Waals surface area contributed by atoms with Crippen molar-refractivity contribution in [3.8, 4) is 0 Å². The van der Waals surface area contributed by atoms with E-state index in [4.69, 9.17) is 5.73 Å². The second-order valence-electron chi connectivity index (χ2n) is 3.13. The molecule has 7 heteroatoms. The van der Waals surface area contributed by atoms with Gasteiger partial charge in [0.1, 0.15) is 5.82 Å². The highest BCUT2D eigenvalue weighted by Crippen LogP contribution is 2.35. The van der Waals surface area contributed by atoms with Gasteiger partial charge in [0.15, 0.2) is 0 Å². The van der Waals surface area contributed by atoms with Crippen LogP contribution in [0.2, 0.25) is 0 Å². The quantitative estimate of drug-likeness (QED) is 0.499. The van der Waals surface area contributed by atoms with Crippen LogP contribution in [0.15, 0.2) is 12.1 Å². The Kier molecular flexibility index (Phi) is 3.59. The summed E-state index contributed by atoms with van der Waals surface area (Å²) < 4.78 is 54.8. The molecule has 0 heterocycles. The van der Waals surface area contributed by atoms with Gasteiger partial charge in [-0.1, -0.05) is 0 Å². The first-order valence-electron chi connectivity index (χ1n) is 4.60. The van der Waals surface area contributed by atoms with Gasteiger partial charge in [0, 0.05) is 0 Å². The number of halogens is 4. The van der Waals surface area contributed by atoms with Gasteiger partial charge in [0.05, 0.1) is 23.4 Å². The van der Waals surface area contributed by atoms with Gasteiger partial charge in [-0.3, -0.25) is 0 Å². The van der Waals surface area contributed by atoms with Gasteiger partial charge >= 0.3 is 12.1 Å². The Labute approximate surface area is 94.2 Å². The number of hydrogen-bond donors (Lipinski definition) is 1. The minimum absolute atomic E-state index is 0.0455. The van der Waals surface area contributed by atoms with Crippen LogP contribution in [0.1, 0.15) is 22.8 Å². The molecule has 0 saturated carbocycles. The number of carbonyl (C=O) groups is 1. The molecule has 17 heavy (non-hydrogen) atoms.